The predicted molar refractivity (Wildman–Crippen MR) is 131 cm³/mol. The number of methoxy groups -OCH3 is 1. The Kier molecular flexibility index (Phi) is 8.14. The molecule has 1 unspecified atom stereocenters. The van der Waals surface area contributed by atoms with Crippen LogP contribution in [-0.2, 0) is 4.74 Å². The third-order valence-electron chi connectivity index (χ3n) is 7.54. The Bertz CT molecular complexity index is 744. The van der Waals surface area contributed by atoms with Crippen LogP contribution in [-0.4, -0.2) is 83.0 Å². The van der Waals surface area contributed by atoms with Crippen molar-refractivity contribution < 1.29 is 9.47 Å². The molecule has 0 amide bonds. The molecule has 2 N–H and O–H groups in total. The second kappa shape index (κ2) is 11.2. The number of benzene rings is 1. The molecule has 7 nitrogen and oxygen atoms in total. The molecular weight excluding hydrogens is 402 g/mol. The van der Waals surface area contributed by atoms with Crippen molar-refractivity contribution in [2.45, 2.75) is 44.1 Å². The standard InChI is InChI=1S/C25H41N5O2/c1-26-24(28-20-25(10-4-3-5-11-25)30-13-15-32-16-14-30)27-18-21-9-12-29(19-21)22-7-6-8-23(17-22)31-2/h6-8,17,21H,3-5,9-16,18-20H2,1-2H3,(H2,26,27,28). The van der Waals surface area contributed by atoms with E-state index in [2.05, 4.69) is 43.6 Å². The Hall–Kier alpha value is -1.99. The average molecular weight is 444 g/mol. The summed E-state index contributed by atoms with van der Waals surface area (Å²) in [6, 6.07) is 8.38. The van der Waals surface area contributed by atoms with Gasteiger partial charge in [0.05, 0.1) is 20.3 Å². The number of morpholine rings is 1. The minimum atomic E-state index is 0.246. The topological polar surface area (TPSA) is 61.4 Å². The maximum atomic E-state index is 5.62. The average Bonchev–Trinajstić information content (AvgIpc) is 3.34. The van der Waals surface area contributed by atoms with E-state index in [-0.39, 0.29) is 5.54 Å². The van der Waals surface area contributed by atoms with Gasteiger partial charge >= 0.3 is 0 Å². The molecule has 3 aliphatic rings. The van der Waals surface area contributed by atoms with Gasteiger partial charge in [-0.25, -0.2) is 0 Å². The Balaban J connectivity index is 1.27. The number of nitrogens with zero attached hydrogens (tertiary/aromatic N) is 3. The fourth-order valence-electron chi connectivity index (χ4n) is 5.60. The first-order valence-electron chi connectivity index (χ1n) is 12.4. The maximum absolute atomic E-state index is 5.62. The maximum Gasteiger partial charge on any atom is 0.191 e. The smallest absolute Gasteiger partial charge is 0.191 e. The summed E-state index contributed by atoms with van der Waals surface area (Å²) in [5.74, 6) is 2.47. The van der Waals surface area contributed by atoms with E-state index in [4.69, 9.17) is 9.47 Å². The number of nitrogens with one attached hydrogen (secondary N) is 2. The van der Waals surface area contributed by atoms with Gasteiger partial charge in [-0.15, -0.1) is 0 Å². The molecule has 7 heteroatoms. The van der Waals surface area contributed by atoms with Crippen LogP contribution in [0.1, 0.15) is 38.5 Å². The molecule has 0 radical (unpaired) electrons. The van der Waals surface area contributed by atoms with Gasteiger partial charge in [-0.3, -0.25) is 9.89 Å². The molecule has 4 rings (SSSR count). The Labute approximate surface area is 193 Å². The molecule has 1 aromatic rings. The highest BCUT2D eigenvalue weighted by molar-refractivity contribution is 5.79. The molecule has 1 aliphatic carbocycles. The summed E-state index contributed by atoms with van der Waals surface area (Å²) in [7, 11) is 3.61. The summed E-state index contributed by atoms with van der Waals surface area (Å²) in [5.41, 5.74) is 1.50. The summed E-state index contributed by atoms with van der Waals surface area (Å²) < 4.78 is 11.0. The third-order valence-corrected chi connectivity index (χ3v) is 7.54. The van der Waals surface area contributed by atoms with Crippen LogP contribution in [0.15, 0.2) is 29.3 Å². The van der Waals surface area contributed by atoms with Gasteiger partial charge in [0.1, 0.15) is 5.75 Å². The van der Waals surface area contributed by atoms with E-state index in [1.165, 1.54) is 44.2 Å². The molecule has 0 bridgehead atoms. The minimum Gasteiger partial charge on any atom is -0.497 e. The molecule has 32 heavy (non-hydrogen) atoms. The molecule has 2 heterocycles. The van der Waals surface area contributed by atoms with Crippen molar-refractivity contribution in [3.63, 3.8) is 0 Å². The normalized spacial score (nSPS) is 24.4. The quantitative estimate of drug-likeness (QED) is 0.499. The number of aliphatic imine (C=N–C) groups is 1. The van der Waals surface area contributed by atoms with Crippen molar-refractivity contribution >= 4 is 11.6 Å². The SMILES string of the molecule is CN=C(NCC1CCN(c2cccc(OC)c2)C1)NCC1(N2CCOCC2)CCCCC1. The highest BCUT2D eigenvalue weighted by atomic mass is 16.5. The lowest BCUT2D eigenvalue weighted by atomic mass is 9.80. The Morgan fingerprint density at radius 3 is 2.72 bits per heavy atom. The van der Waals surface area contributed by atoms with E-state index in [1.54, 1.807) is 7.11 Å². The lowest BCUT2D eigenvalue weighted by Gasteiger charge is -2.48. The second-order valence-electron chi connectivity index (χ2n) is 9.49. The van der Waals surface area contributed by atoms with E-state index >= 15 is 0 Å². The van der Waals surface area contributed by atoms with Crippen LogP contribution in [0.25, 0.3) is 0 Å². The monoisotopic (exact) mass is 443 g/mol. The van der Waals surface area contributed by atoms with Crippen LogP contribution >= 0.6 is 0 Å². The van der Waals surface area contributed by atoms with Crippen molar-refractivity contribution in [1.82, 2.24) is 15.5 Å². The van der Waals surface area contributed by atoms with Gasteiger partial charge in [-0.05, 0) is 37.3 Å². The summed E-state index contributed by atoms with van der Waals surface area (Å²) in [5, 5.41) is 7.30. The van der Waals surface area contributed by atoms with Crippen LogP contribution in [0.4, 0.5) is 5.69 Å². The summed E-state index contributed by atoms with van der Waals surface area (Å²) >= 11 is 0. The van der Waals surface area contributed by atoms with Gasteiger partial charge in [0, 0.05) is 63.6 Å². The predicted octanol–water partition coefficient (Wildman–Crippen LogP) is 2.72. The third kappa shape index (κ3) is 5.67. The molecular formula is C25H41N5O2. The fourth-order valence-corrected chi connectivity index (χ4v) is 5.60. The van der Waals surface area contributed by atoms with Crippen molar-refractivity contribution in [2.24, 2.45) is 10.9 Å². The summed E-state index contributed by atoms with van der Waals surface area (Å²) in [4.78, 5) is 9.67. The van der Waals surface area contributed by atoms with Gasteiger partial charge in [0.25, 0.3) is 0 Å². The molecule has 2 aliphatic heterocycles. The van der Waals surface area contributed by atoms with E-state index < -0.39 is 0 Å². The zero-order valence-electron chi connectivity index (χ0n) is 19.9. The van der Waals surface area contributed by atoms with Crippen molar-refractivity contribution in [3.8, 4) is 5.75 Å². The number of guanidine groups is 1. The van der Waals surface area contributed by atoms with Crippen LogP contribution in [0.3, 0.4) is 0 Å². The van der Waals surface area contributed by atoms with Crippen LogP contribution in [0.5, 0.6) is 5.75 Å². The lowest BCUT2D eigenvalue weighted by molar-refractivity contribution is -0.0352. The van der Waals surface area contributed by atoms with Crippen molar-refractivity contribution in [2.75, 3.05) is 71.5 Å². The van der Waals surface area contributed by atoms with Crippen molar-refractivity contribution in [1.29, 1.82) is 0 Å². The van der Waals surface area contributed by atoms with E-state index in [1.807, 2.05) is 13.1 Å². The number of hydrogen-bond donors (Lipinski definition) is 2. The van der Waals surface area contributed by atoms with Gasteiger partial charge in [0.15, 0.2) is 5.96 Å². The highest BCUT2D eigenvalue weighted by Gasteiger charge is 2.38. The number of hydrogen-bond acceptors (Lipinski definition) is 5. The lowest BCUT2D eigenvalue weighted by Crippen LogP contribution is -2.60. The van der Waals surface area contributed by atoms with Crippen LogP contribution < -0.4 is 20.3 Å². The Morgan fingerprint density at radius 1 is 1.16 bits per heavy atom. The largest absolute Gasteiger partial charge is 0.497 e. The molecule has 1 aromatic carbocycles. The first-order valence-corrected chi connectivity index (χ1v) is 12.4. The van der Waals surface area contributed by atoms with E-state index in [9.17, 15) is 0 Å². The van der Waals surface area contributed by atoms with Gasteiger partial charge in [-0.1, -0.05) is 25.3 Å². The second-order valence-corrected chi connectivity index (χ2v) is 9.49. The van der Waals surface area contributed by atoms with Gasteiger partial charge < -0.3 is 25.0 Å². The first kappa shape index (κ1) is 23.2. The number of anilines is 1. The number of rotatable bonds is 7. The number of ether oxygens (including phenoxy) is 2. The van der Waals surface area contributed by atoms with E-state index in [0.717, 1.165) is 64.2 Å². The van der Waals surface area contributed by atoms with Crippen LogP contribution in [0, 0.1) is 5.92 Å². The van der Waals surface area contributed by atoms with Crippen molar-refractivity contribution in [3.05, 3.63) is 24.3 Å². The summed E-state index contributed by atoms with van der Waals surface area (Å²) in [6.07, 6.45) is 7.76. The molecule has 178 valence electrons. The first-order chi connectivity index (χ1) is 15.7. The fraction of sp³-hybridized carbons (Fsp3) is 0.720. The van der Waals surface area contributed by atoms with E-state index in [0.29, 0.717) is 5.92 Å². The van der Waals surface area contributed by atoms with Gasteiger partial charge in [0.2, 0.25) is 0 Å². The van der Waals surface area contributed by atoms with Gasteiger partial charge in [-0.2, -0.15) is 0 Å². The highest BCUT2D eigenvalue weighted by Crippen LogP contribution is 2.34. The molecule has 1 saturated carbocycles. The molecule has 1 atom stereocenters. The Morgan fingerprint density at radius 2 is 1.97 bits per heavy atom. The molecule has 0 spiro atoms. The molecule has 3 fully saturated rings. The zero-order valence-corrected chi connectivity index (χ0v) is 19.9. The molecule has 2 saturated heterocycles. The summed E-state index contributed by atoms with van der Waals surface area (Å²) in [6.45, 7) is 7.89. The zero-order chi connectivity index (χ0) is 22.2. The molecule has 0 aromatic heterocycles. The minimum absolute atomic E-state index is 0.246. The van der Waals surface area contributed by atoms with Crippen LogP contribution in [0.2, 0.25) is 0 Å².